The Morgan fingerprint density at radius 2 is 1.85 bits per heavy atom. The highest BCUT2D eigenvalue weighted by molar-refractivity contribution is 7.09. The summed E-state index contributed by atoms with van der Waals surface area (Å²) in [4.78, 5) is 20.5. The number of hydrogen-bond donors (Lipinski definition) is 0. The fourth-order valence-electron chi connectivity index (χ4n) is 3.22. The number of hydrogen-bond acceptors (Lipinski definition) is 5. The van der Waals surface area contributed by atoms with E-state index in [2.05, 4.69) is 27.3 Å². The highest BCUT2D eigenvalue weighted by atomic mass is 32.1. The number of thiophene rings is 1. The maximum Gasteiger partial charge on any atom is 0.236 e. The molecule has 0 unspecified atom stereocenters. The molecule has 0 radical (unpaired) electrons. The molecule has 1 aromatic carbocycles. The molecule has 0 aliphatic carbocycles. The van der Waals surface area contributed by atoms with Crippen LogP contribution in [0.5, 0.6) is 5.75 Å². The molecule has 1 amide bonds. The zero-order valence-electron chi connectivity index (χ0n) is 15.6. The molecule has 1 saturated heterocycles. The number of ether oxygens (including phenoxy) is 1. The minimum atomic E-state index is 0.155. The minimum absolute atomic E-state index is 0.155. The highest BCUT2D eigenvalue weighted by Gasteiger charge is 2.21. The fourth-order valence-corrected chi connectivity index (χ4v) is 3.96. The summed E-state index contributed by atoms with van der Waals surface area (Å²) < 4.78 is 5.38. The molecule has 2 aromatic rings. The van der Waals surface area contributed by atoms with Crippen LogP contribution in [0, 0.1) is 0 Å². The van der Waals surface area contributed by atoms with E-state index in [1.807, 2.05) is 42.6 Å². The molecule has 6 heteroatoms. The van der Waals surface area contributed by atoms with E-state index in [1.165, 1.54) is 4.88 Å². The topological polar surface area (TPSA) is 36.0 Å². The second kappa shape index (κ2) is 9.16. The molecule has 0 N–H and O–H groups in total. The lowest BCUT2D eigenvalue weighted by Gasteiger charge is -2.34. The second-order valence-electron chi connectivity index (χ2n) is 6.69. The Hall–Kier alpha value is -1.89. The Morgan fingerprint density at radius 3 is 2.54 bits per heavy atom. The third-order valence-electron chi connectivity index (χ3n) is 4.81. The molecular formula is C20H27N3O2S. The number of para-hydroxylation sites is 1. The van der Waals surface area contributed by atoms with Gasteiger partial charge in [0.1, 0.15) is 5.75 Å². The first-order chi connectivity index (χ1) is 12.7. The number of carbonyl (C=O) groups is 1. The molecule has 0 bridgehead atoms. The Labute approximate surface area is 159 Å². The molecule has 2 heterocycles. The quantitative estimate of drug-likeness (QED) is 0.747. The Kier molecular flexibility index (Phi) is 6.66. The van der Waals surface area contributed by atoms with E-state index in [-0.39, 0.29) is 5.91 Å². The molecule has 1 aliphatic heterocycles. The van der Waals surface area contributed by atoms with E-state index < -0.39 is 0 Å². The van der Waals surface area contributed by atoms with Crippen LogP contribution in [0.15, 0.2) is 41.8 Å². The standard InChI is InChI=1S/C20H27N3O2S/c1-21(14-17-6-3-4-8-19(17)25-2)20(24)16-23-11-9-22(10-12-23)15-18-7-5-13-26-18/h3-8,13H,9-12,14-16H2,1-2H3. The summed E-state index contributed by atoms with van der Waals surface area (Å²) in [5, 5.41) is 2.13. The van der Waals surface area contributed by atoms with Crippen LogP contribution in [0.2, 0.25) is 0 Å². The molecule has 1 fully saturated rings. The molecule has 140 valence electrons. The third-order valence-corrected chi connectivity index (χ3v) is 5.67. The minimum Gasteiger partial charge on any atom is -0.496 e. The summed E-state index contributed by atoms with van der Waals surface area (Å²) in [6.45, 7) is 5.99. The van der Waals surface area contributed by atoms with E-state index >= 15 is 0 Å². The molecule has 1 aliphatic rings. The highest BCUT2D eigenvalue weighted by Crippen LogP contribution is 2.19. The van der Waals surface area contributed by atoms with Gasteiger partial charge >= 0.3 is 0 Å². The van der Waals surface area contributed by atoms with Gasteiger partial charge in [-0.2, -0.15) is 0 Å². The lowest BCUT2D eigenvalue weighted by molar-refractivity contribution is -0.132. The number of nitrogens with zero attached hydrogens (tertiary/aromatic N) is 3. The molecule has 0 saturated carbocycles. The van der Waals surface area contributed by atoms with Gasteiger partial charge in [-0.15, -0.1) is 11.3 Å². The molecule has 5 nitrogen and oxygen atoms in total. The lowest BCUT2D eigenvalue weighted by Crippen LogP contribution is -2.49. The van der Waals surface area contributed by atoms with Crippen molar-refractivity contribution >= 4 is 17.2 Å². The van der Waals surface area contributed by atoms with E-state index in [0.717, 1.165) is 44.0 Å². The predicted molar refractivity (Wildman–Crippen MR) is 106 cm³/mol. The number of benzene rings is 1. The van der Waals surface area contributed by atoms with Crippen molar-refractivity contribution in [2.75, 3.05) is 46.9 Å². The van der Waals surface area contributed by atoms with Crippen LogP contribution in [0.4, 0.5) is 0 Å². The Balaban J connectivity index is 1.44. The van der Waals surface area contributed by atoms with Crippen molar-refractivity contribution in [2.45, 2.75) is 13.1 Å². The van der Waals surface area contributed by atoms with Crippen LogP contribution >= 0.6 is 11.3 Å². The van der Waals surface area contributed by atoms with Gasteiger partial charge in [0.15, 0.2) is 0 Å². The van der Waals surface area contributed by atoms with Gasteiger partial charge in [-0.25, -0.2) is 0 Å². The summed E-state index contributed by atoms with van der Waals surface area (Å²) >= 11 is 1.81. The molecule has 0 spiro atoms. The van der Waals surface area contributed by atoms with Gasteiger partial charge in [0.2, 0.25) is 5.91 Å². The number of methoxy groups -OCH3 is 1. The summed E-state index contributed by atoms with van der Waals surface area (Å²) in [7, 11) is 3.53. The van der Waals surface area contributed by atoms with Gasteiger partial charge in [0.25, 0.3) is 0 Å². The van der Waals surface area contributed by atoms with E-state index in [0.29, 0.717) is 13.1 Å². The SMILES string of the molecule is COc1ccccc1CN(C)C(=O)CN1CCN(Cc2cccs2)CC1. The maximum absolute atomic E-state index is 12.6. The first-order valence-corrected chi connectivity index (χ1v) is 9.86. The average Bonchev–Trinajstić information content (AvgIpc) is 3.16. The molecule has 0 atom stereocenters. The first kappa shape index (κ1) is 18.9. The zero-order chi connectivity index (χ0) is 18.4. The van der Waals surface area contributed by atoms with Crippen molar-refractivity contribution in [3.05, 3.63) is 52.2 Å². The summed E-state index contributed by atoms with van der Waals surface area (Å²) in [5.74, 6) is 0.983. The third kappa shape index (κ3) is 5.06. The number of likely N-dealkylation sites (N-methyl/N-ethyl adjacent to an activating group) is 1. The van der Waals surface area contributed by atoms with Crippen molar-refractivity contribution in [1.82, 2.24) is 14.7 Å². The van der Waals surface area contributed by atoms with Crippen molar-refractivity contribution in [3.8, 4) is 5.75 Å². The molecule has 3 rings (SSSR count). The number of rotatable bonds is 7. The monoisotopic (exact) mass is 373 g/mol. The fraction of sp³-hybridized carbons (Fsp3) is 0.450. The predicted octanol–water partition coefficient (Wildman–Crippen LogP) is 2.53. The smallest absolute Gasteiger partial charge is 0.236 e. The Bertz CT molecular complexity index is 697. The van der Waals surface area contributed by atoms with Crippen molar-refractivity contribution in [3.63, 3.8) is 0 Å². The summed E-state index contributed by atoms with van der Waals surface area (Å²) in [6.07, 6.45) is 0. The zero-order valence-corrected chi connectivity index (χ0v) is 16.4. The number of piperazine rings is 1. The molecular weight excluding hydrogens is 346 g/mol. The summed E-state index contributed by atoms with van der Waals surface area (Å²) in [5.41, 5.74) is 1.03. The molecule has 26 heavy (non-hydrogen) atoms. The average molecular weight is 374 g/mol. The van der Waals surface area contributed by atoms with Crippen LogP contribution in [-0.2, 0) is 17.9 Å². The van der Waals surface area contributed by atoms with Crippen molar-refractivity contribution < 1.29 is 9.53 Å². The van der Waals surface area contributed by atoms with Crippen molar-refractivity contribution in [2.24, 2.45) is 0 Å². The van der Waals surface area contributed by atoms with E-state index in [4.69, 9.17) is 4.74 Å². The second-order valence-corrected chi connectivity index (χ2v) is 7.73. The van der Waals surface area contributed by atoms with Gasteiger partial charge in [0.05, 0.1) is 13.7 Å². The first-order valence-electron chi connectivity index (χ1n) is 8.98. The largest absolute Gasteiger partial charge is 0.496 e. The normalized spacial score (nSPS) is 15.8. The Morgan fingerprint density at radius 1 is 1.12 bits per heavy atom. The summed E-state index contributed by atoms with van der Waals surface area (Å²) in [6, 6.07) is 12.1. The van der Waals surface area contributed by atoms with Gasteiger partial charge in [-0.3, -0.25) is 14.6 Å². The van der Waals surface area contributed by atoms with Gasteiger partial charge in [-0.05, 0) is 17.5 Å². The van der Waals surface area contributed by atoms with Crippen LogP contribution in [0.1, 0.15) is 10.4 Å². The van der Waals surface area contributed by atoms with Crippen LogP contribution in [0.25, 0.3) is 0 Å². The molecule has 1 aromatic heterocycles. The van der Waals surface area contributed by atoms with Gasteiger partial charge in [-0.1, -0.05) is 24.3 Å². The van der Waals surface area contributed by atoms with E-state index in [1.54, 1.807) is 12.0 Å². The van der Waals surface area contributed by atoms with Crippen LogP contribution in [0.3, 0.4) is 0 Å². The van der Waals surface area contributed by atoms with Gasteiger partial charge < -0.3 is 9.64 Å². The van der Waals surface area contributed by atoms with Crippen molar-refractivity contribution in [1.29, 1.82) is 0 Å². The number of carbonyl (C=O) groups excluding carboxylic acids is 1. The van der Waals surface area contributed by atoms with E-state index in [9.17, 15) is 4.79 Å². The van der Waals surface area contributed by atoms with Gasteiger partial charge in [0, 0.05) is 56.8 Å². The number of amides is 1. The van der Waals surface area contributed by atoms with Crippen LogP contribution < -0.4 is 4.74 Å². The van der Waals surface area contributed by atoms with Crippen LogP contribution in [-0.4, -0.2) is 67.5 Å². The maximum atomic E-state index is 12.6. The lowest BCUT2D eigenvalue weighted by atomic mass is 10.2.